The fraction of sp³-hybridized carbons (Fsp3) is 0.0769. The molecule has 0 fully saturated rings. The molecule has 1 heterocycles. The summed E-state index contributed by atoms with van der Waals surface area (Å²) >= 11 is 0. The van der Waals surface area contributed by atoms with Crippen molar-refractivity contribution < 1.29 is 0 Å². The molecular formula is C39H31N2P. The predicted octanol–water partition coefficient (Wildman–Crippen LogP) is 10.6. The minimum Gasteiger partial charge on any atom is -0.297 e. The zero-order valence-electron chi connectivity index (χ0n) is 23.8. The van der Waals surface area contributed by atoms with Gasteiger partial charge in [-0.25, -0.2) is 0 Å². The van der Waals surface area contributed by atoms with E-state index in [2.05, 4.69) is 175 Å². The Morgan fingerprint density at radius 1 is 0.452 bits per heavy atom. The van der Waals surface area contributed by atoms with Crippen LogP contribution in [-0.2, 0) is 5.41 Å². The average molecular weight is 559 g/mol. The summed E-state index contributed by atoms with van der Waals surface area (Å²) in [5, 5.41) is 1.32. The SMILES string of the molecule is CC1(C)c2ccccc2-c2c(N3c4ccccc4N(c4ccc(-c5ccccc5)cc4)P3c3ccccc3)cccc21. The monoisotopic (exact) mass is 558 g/mol. The first-order chi connectivity index (χ1) is 20.6. The molecule has 0 radical (unpaired) electrons. The van der Waals surface area contributed by atoms with Crippen molar-refractivity contribution >= 4 is 36.3 Å². The van der Waals surface area contributed by atoms with Crippen LogP contribution < -0.4 is 14.6 Å². The van der Waals surface area contributed by atoms with E-state index >= 15 is 0 Å². The first kappa shape index (κ1) is 25.1. The molecule has 202 valence electrons. The van der Waals surface area contributed by atoms with Crippen molar-refractivity contribution in [2.24, 2.45) is 0 Å². The lowest BCUT2D eigenvalue weighted by Gasteiger charge is -2.34. The third-order valence-corrected chi connectivity index (χ3v) is 11.1. The molecule has 0 aromatic heterocycles. The smallest absolute Gasteiger partial charge is 0.138 e. The number of benzene rings is 6. The number of anilines is 4. The van der Waals surface area contributed by atoms with Crippen LogP contribution >= 0.6 is 8.22 Å². The molecule has 0 N–H and O–H groups in total. The maximum absolute atomic E-state index is 2.63. The second-order valence-corrected chi connectivity index (χ2v) is 13.4. The highest BCUT2D eigenvalue weighted by Gasteiger charge is 2.43. The van der Waals surface area contributed by atoms with Crippen molar-refractivity contribution in [3.8, 4) is 22.3 Å². The molecule has 1 aliphatic carbocycles. The molecule has 1 aliphatic heterocycles. The van der Waals surface area contributed by atoms with Gasteiger partial charge in [0.15, 0.2) is 0 Å². The van der Waals surface area contributed by atoms with Gasteiger partial charge in [0.2, 0.25) is 0 Å². The maximum Gasteiger partial charge on any atom is 0.138 e. The molecule has 6 aromatic carbocycles. The molecule has 3 heteroatoms. The number of hydrogen-bond donors (Lipinski definition) is 0. The molecule has 6 aromatic rings. The lowest BCUT2D eigenvalue weighted by Crippen LogP contribution is -2.22. The lowest BCUT2D eigenvalue weighted by molar-refractivity contribution is 0.660. The Hall–Kier alpha value is -4.65. The Morgan fingerprint density at radius 2 is 1.00 bits per heavy atom. The molecule has 0 amide bonds. The molecular weight excluding hydrogens is 527 g/mol. The Balaban J connectivity index is 1.35. The van der Waals surface area contributed by atoms with Crippen LogP contribution in [0.2, 0.25) is 0 Å². The van der Waals surface area contributed by atoms with Crippen molar-refractivity contribution in [1.82, 2.24) is 0 Å². The summed E-state index contributed by atoms with van der Waals surface area (Å²) in [5.41, 5.74) is 12.9. The van der Waals surface area contributed by atoms with Crippen LogP contribution in [0.3, 0.4) is 0 Å². The first-order valence-corrected chi connectivity index (χ1v) is 15.8. The summed E-state index contributed by atoms with van der Waals surface area (Å²) in [6.45, 7) is 4.72. The molecule has 0 spiro atoms. The van der Waals surface area contributed by atoms with E-state index in [0.717, 1.165) is 0 Å². The number of nitrogens with zero attached hydrogens (tertiary/aromatic N) is 2. The summed E-state index contributed by atoms with van der Waals surface area (Å²) < 4.78 is 5.20. The zero-order valence-corrected chi connectivity index (χ0v) is 24.7. The van der Waals surface area contributed by atoms with Gasteiger partial charge in [-0.3, -0.25) is 9.34 Å². The van der Waals surface area contributed by atoms with Gasteiger partial charge in [0.25, 0.3) is 0 Å². The van der Waals surface area contributed by atoms with Crippen LogP contribution in [0.4, 0.5) is 22.7 Å². The standard InChI is InChI=1S/C39H31N2P/c1-39(2)33-19-10-9-18-32(33)38-34(39)20-13-23-37(38)41-36-22-12-11-21-35(36)40(42(41)31-16-7-4-8-17-31)30-26-24-29(25-27-30)28-14-5-3-6-15-28/h3-27H,1-2H3. The Morgan fingerprint density at radius 3 is 1.74 bits per heavy atom. The lowest BCUT2D eigenvalue weighted by atomic mass is 9.82. The second kappa shape index (κ2) is 9.72. The van der Waals surface area contributed by atoms with Gasteiger partial charge in [-0.15, -0.1) is 0 Å². The molecule has 0 bridgehead atoms. The molecule has 1 unspecified atom stereocenters. The summed E-state index contributed by atoms with van der Waals surface area (Å²) in [6, 6.07) is 55.5. The van der Waals surface area contributed by atoms with Crippen LogP contribution in [0.15, 0.2) is 152 Å². The zero-order chi connectivity index (χ0) is 28.3. The number of hydrogen-bond acceptors (Lipinski definition) is 2. The quantitative estimate of drug-likeness (QED) is 0.199. The summed E-state index contributed by atoms with van der Waals surface area (Å²) in [5.74, 6) is 0. The number of rotatable bonds is 4. The average Bonchev–Trinajstić information content (AvgIpc) is 3.52. The molecule has 0 saturated carbocycles. The van der Waals surface area contributed by atoms with Gasteiger partial charge in [0, 0.05) is 22.0 Å². The van der Waals surface area contributed by atoms with Gasteiger partial charge >= 0.3 is 0 Å². The molecule has 1 atom stereocenters. The minimum atomic E-state index is -0.970. The molecule has 42 heavy (non-hydrogen) atoms. The van der Waals surface area contributed by atoms with Crippen LogP contribution in [0, 0.1) is 0 Å². The van der Waals surface area contributed by atoms with Crippen molar-refractivity contribution in [3.05, 3.63) is 163 Å². The normalized spacial score (nSPS) is 16.2. The molecule has 0 saturated heterocycles. The van der Waals surface area contributed by atoms with E-state index in [0.29, 0.717) is 0 Å². The highest BCUT2D eigenvalue weighted by atomic mass is 31.1. The largest absolute Gasteiger partial charge is 0.297 e. The van der Waals surface area contributed by atoms with E-state index in [1.165, 1.54) is 61.4 Å². The third-order valence-electron chi connectivity index (χ3n) is 8.74. The summed E-state index contributed by atoms with van der Waals surface area (Å²) in [6.07, 6.45) is 0. The fourth-order valence-electron chi connectivity index (χ4n) is 6.73. The summed E-state index contributed by atoms with van der Waals surface area (Å²) in [4.78, 5) is 0. The van der Waals surface area contributed by atoms with Crippen molar-refractivity contribution in [2.45, 2.75) is 19.3 Å². The van der Waals surface area contributed by atoms with Crippen LogP contribution in [0.25, 0.3) is 22.3 Å². The Labute approximate surface area is 249 Å². The van der Waals surface area contributed by atoms with E-state index in [9.17, 15) is 0 Å². The van der Waals surface area contributed by atoms with Crippen LogP contribution in [-0.4, -0.2) is 0 Å². The maximum atomic E-state index is 2.63. The number of para-hydroxylation sites is 2. The fourth-order valence-corrected chi connectivity index (χ4v) is 9.27. The van der Waals surface area contributed by atoms with E-state index < -0.39 is 8.22 Å². The minimum absolute atomic E-state index is 0.0519. The molecule has 8 rings (SSSR count). The highest BCUT2D eigenvalue weighted by molar-refractivity contribution is 7.70. The van der Waals surface area contributed by atoms with E-state index in [4.69, 9.17) is 0 Å². The van der Waals surface area contributed by atoms with Gasteiger partial charge in [-0.1, -0.05) is 135 Å². The van der Waals surface area contributed by atoms with E-state index in [-0.39, 0.29) is 5.41 Å². The topological polar surface area (TPSA) is 6.48 Å². The van der Waals surface area contributed by atoms with Crippen molar-refractivity contribution in [1.29, 1.82) is 0 Å². The van der Waals surface area contributed by atoms with Gasteiger partial charge in [-0.2, -0.15) is 0 Å². The van der Waals surface area contributed by atoms with Gasteiger partial charge in [0.05, 0.1) is 17.1 Å². The van der Waals surface area contributed by atoms with Gasteiger partial charge in [0.1, 0.15) is 8.22 Å². The summed E-state index contributed by atoms with van der Waals surface area (Å²) in [7, 11) is -0.970. The van der Waals surface area contributed by atoms with E-state index in [1.54, 1.807) is 0 Å². The van der Waals surface area contributed by atoms with E-state index in [1.807, 2.05) is 0 Å². The number of fused-ring (bicyclic) bond motifs is 4. The molecule has 2 nitrogen and oxygen atoms in total. The first-order valence-electron chi connectivity index (χ1n) is 14.6. The van der Waals surface area contributed by atoms with Crippen molar-refractivity contribution in [3.63, 3.8) is 0 Å². The van der Waals surface area contributed by atoms with Crippen LogP contribution in [0.5, 0.6) is 0 Å². The predicted molar refractivity (Wildman–Crippen MR) is 180 cm³/mol. The van der Waals surface area contributed by atoms with Gasteiger partial charge < -0.3 is 0 Å². The second-order valence-electron chi connectivity index (χ2n) is 11.5. The van der Waals surface area contributed by atoms with Gasteiger partial charge in [-0.05, 0) is 58.1 Å². The molecule has 2 aliphatic rings. The Kier molecular flexibility index (Phi) is 5.81. The van der Waals surface area contributed by atoms with Crippen molar-refractivity contribution in [2.75, 3.05) is 9.34 Å². The van der Waals surface area contributed by atoms with Crippen LogP contribution in [0.1, 0.15) is 25.0 Å². The Bertz CT molecular complexity index is 1910. The highest BCUT2D eigenvalue weighted by Crippen LogP contribution is 2.67. The third kappa shape index (κ3) is 3.76.